The second kappa shape index (κ2) is 24.0. The third-order valence-corrected chi connectivity index (χ3v) is 8.40. The van der Waals surface area contributed by atoms with Crippen LogP contribution in [0.4, 0.5) is 0 Å². The molecule has 20 heteroatoms. The molecule has 1 aromatic rings. The Balaban J connectivity index is 3.33. The molecule has 0 aliphatic heterocycles. The largest absolute Gasteiger partial charge is 0.467 e. The lowest BCUT2D eigenvalue weighted by Crippen LogP contribution is -2.59. The van der Waals surface area contributed by atoms with Crippen molar-refractivity contribution in [1.29, 1.82) is 0 Å². The molecule has 56 heavy (non-hydrogen) atoms. The number of carbonyl (C=O) groups is 9. The van der Waals surface area contributed by atoms with Crippen LogP contribution in [0.3, 0.4) is 0 Å². The summed E-state index contributed by atoms with van der Waals surface area (Å²) in [4.78, 5) is 114. The van der Waals surface area contributed by atoms with Crippen LogP contribution in [0.5, 0.6) is 0 Å². The second-order valence-electron chi connectivity index (χ2n) is 13.9. The summed E-state index contributed by atoms with van der Waals surface area (Å²) in [5.41, 5.74) is 11.2. The Hall–Kier alpha value is -5.63. The van der Waals surface area contributed by atoms with E-state index in [4.69, 9.17) is 16.2 Å². The predicted molar refractivity (Wildman–Crippen MR) is 199 cm³/mol. The number of methoxy groups -OCH3 is 1. The van der Waals surface area contributed by atoms with E-state index in [9.17, 15) is 53.4 Å². The molecule has 1 rings (SSSR count). The number of aliphatic hydroxyl groups excluding tert-OH is 2. The molecule has 8 amide bonds. The van der Waals surface area contributed by atoms with Crippen molar-refractivity contribution in [2.24, 2.45) is 23.3 Å². The van der Waals surface area contributed by atoms with E-state index >= 15 is 0 Å². The van der Waals surface area contributed by atoms with E-state index in [0.29, 0.717) is 5.56 Å². The van der Waals surface area contributed by atoms with Gasteiger partial charge in [0.25, 0.3) is 0 Å². The SMILES string of the molecule is COC(=O)[C@@H](NC(=O)[C@@H](NC(=O)C[C@H](O)[C@H](Cc1ccccc1)NC(=O)[C@H](CC(N)=O)NC(=O)[C@H](CCC(N)=O)NC(=O)[C@H](CO)NC(C)=O)C(C)C)C(C)C. The summed E-state index contributed by atoms with van der Waals surface area (Å²) in [6.45, 7) is 6.97. The van der Waals surface area contributed by atoms with Crippen molar-refractivity contribution in [3.63, 3.8) is 0 Å². The molecule has 0 saturated carbocycles. The van der Waals surface area contributed by atoms with Crippen molar-refractivity contribution in [2.45, 2.75) is 109 Å². The normalized spacial score (nSPS) is 14.8. The molecule has 0 radical (unpaired) electrons. The molecule has 0 bridgehead atoms. The molecule has 7 atom stereocenters. The standard InChI is InChI=1S/C36H56N8O12/c1-18(2)30(35(54)44-31(19(3)4)36(55)56-6)43-29(50)16-26(47)23(14-21-10-8-7-9-11-21)41-33(52)24(15-28(38)49)42-32(51)22(12-13-27(37)48)40-34(53)25(17-45)39-20(5)46/h7-11,18-19,22-26,30-31,45,47H,12-17H2,1-6H3,(H2,37,48)(H2,38,49)(H,39,46)(H,40,53)(H,41,52)(H,42,51)(H,43,50)(H,44,54)/t22-,23-,24-,25-,26-,30-,31-/m0/s1. The van der Waals surface area contributed by atoms with E-state index in [1.807, 2.05) is 0 Å². The molecule has 0 aromatic heterocycles. The minimum absolute atomic E-state index is 0.0510. The van der Waals surface area contributed by atoms with Gasteiger partial charge in [0.15, 0.2) is 0 Å². The minimum Gasteiger partial charge on any atom is -0.467 e. The van der Waals surface area contributed by atoms with Crippen LogP contribution in [0.2, 0.25) is 0 Å². The van der Waals surface area contributed by atoms with Crippen LogP contribution in [-0.2, 0) is 54.3 Å². The van der Waals surface area contributed by atoms with Gasteiger partial charge in [-0.1, -0.05) is 58.0 Å². The predicted octanol–water partition coefficient (Wildman–Crippen LogP) is -3.47. The summed E-state index contributed by atoms with van der Waals surface area (Å²) < 4.78 is 4.77. The van der Waals surface area contributed by atoms with E-state index in [2.05, 4.69) is 31.9 Å². The van der Waals surface area contributed by atoms with Gasteiger partial charge in [0.2, 0.25) is 47.3 Å². The number of hydrogen-bond acceptors (Lipinski definition) is 12. The first kappa shape index (κ1) is 48.4. The maximum Gasteiger partial charge on any atom is 0.328 e. The van der Waals surface area contributed by atoms with Gasteiger partial charge >= 0.3 is 5.97 Å². The van der Waals surface area contributed by atoms with Crippen LogP contribution < -0.4 is 43.4 Å². The van der Waals surface area contributed by atoms with Crippen molar-refractivity contribution < 1.29 is 58.1 Å². The molecule has 0 aliphatic rings. The summed E-state index contributed by atoms with van der Waals surface area (Å²) in [6, 6.07) is 0.417. The first-order valence-electron chi connectivity index (χ1n) is 18.0. The lowest BCUT2D eigenvalue weighted by molar-refractivity contribution is -0.147. The van der Waals surface area contributed by atoms with Crippen molar-refractivity contribution in [3.8, 4) is 0 Å². The quantitative estimate of drug-likeness (QED) is 0.0457. The maximum absolute atomic E-state index is 13.7. The molecule has 0 spiro atoms. The molecule has 20 nitrogen and oxygen atoms in total. The van der Waals surface area contributed by atoms with Crippen LogP contribution in [-0.4, -0.2) is 120 Å². The Kier molecular flexibility index (Phi) is 20.7. The van der Waals surface area contributed by atoms with E-state index in [1.165, 1.54) is 7.11 Å². The lowest BCUT2D eigenvalue weighted by Gasteiger charge is -2.29. The Bertz CT molecular complexity index is 1540. The first-order chi connectivity index (χ1) is 26.2. The van der Waals surface area contributed by atoms with E-state index < -0.39 is 127 Å². The fourth-order valence-corrected chi connectivity index (χ4v) is 5.35. The highest BCUT2D eigenvalue weighted by atomic mass is 16.5. The molecular formula is C36H56N8O12. The van der Waals surface area contributed by atoms with Crippen molar-refractivity contribution in [3.05, 3.63) is 35.9 Å². The molecule has 0 unspecified atom stereocenters. The van der Waals surface area contributed by atoms with Gasteiger partial charge in [-0.2, -0.15) is 0 Å². The van der Waals surface area contributed by atoms with E-state index in [0.717, 1.165) is 6.92 Å². The number of aliphatic hydroxyl groups is 2. The topological polar surface area (TPSA) is 328 Å². The highest BCUT2D eigenvalue weighted by molar-refractivity contribution is 5.96. The van der Waals surface area contributed by atoms with Crippen LogP contribution >= 0.6 is 0 Å². The van der Waals surface area contributed by atoms with E-state index in [-0.39, 0.29) is 18.8 Å². The summed E-state index contributed by atoms with van der Waals surface area (Å²) >= 11 is 0. The zero-order chi connectivity index (χ0) is 42.7. The lowest BCUT2D eigenvalue weighted by atomic mass is 9.97. The van der Waals surface area contributed by atoms with Crippen molar-refractivity contribution in [2.75, 3.05) is 13.7 Å². The third kappa shape index (κ3) is 17.2. The number of esters is 1. The van der Waals surface area contributed by atoms with Crippen molar-refractivity contribution in [1.82, 2.24) is 31.9 Å². The monoisotopic (exact) mass is 792 g/mol. The number of carbonyl (C=O) groups excluding carboxylic acids is 9. The highest BCUT2D eigenvalue weighted by Crippen LogP contribution is 2.13. The van der Waals surface area contributed by atoms with Gasteiger partial charge < -0.3 is 58.3 Å². The van der Waals surface area contributed by atoms with Gasteiger partial charge in [0.1, 0.15) is 30.2 Å². The summed E-state index contributed by atoms with van der Waals surface area (Å²) in [5.74, 6) is -8.56. The average molecular weight is 793 g/mol. The Labute approximate surface area is 325 Å². The first-order valence-corrected chi connectivity index (χ1v) is 18.0. The number of rotatable bonds is 24. The molecule has 312 valence electrons. The molecule has 1 aromatic carbocycles. The van der Waals surface area contributed by atoms with Crippen molar-refractivity contribution >= 4 is 53.2 Å². The number of benzene rings is 1. The zero-order valence-electron chi connectivity index (χ0n) is 32.5. The van der Waals surface area contributed by atoms with Gasteiger partial charge in [-0.05, 0) is 30.2 Å². The molecule has 0 aliphatic carbocycles. The number of amides is 8. The minimum atomic E-state index is -1.70. The summed E-state index contributed by atoms with van der Waals surface area (Å²) in [7, 11) is 1.18. The Morgan fingerprint density at radius 1 is 0.679 bits per heavy atom. The fourth-order valence-electron chi connectivity index (χ4n) is 5.35. The zero-order valence-corrected chi connectivity index (χ0v) is 32.5. The van der Waals surface area contributed by atoms with Gasteiger partial charge in [-0.25, -0.2) is 4.79 Å². The van der Waals surface area contributed by atoms with Crippen LogP contribution in [0.25, 0.3) is 0 Å². The Morgan fingerprint density at radius 2 is 1.23 bits per heavy atom. The molecule has 0 saturated heterocycles. The summed E-state index contributed by atoms with van der Waals surface area (Å²) in [5, 5.41) is 35.4. The molecule has 12 N–H and O–H groups in total. The molecular weight excluding hydrogens is 736 g/mol. The van der Waals surface area contributed by atoms with Crippen LogP contribution in [0.1, 0.15) is 65.9 Å². The van der Waals surface area contributed by atoms with Gasteiger partial charge in [0.05, 0.1) is 38.7 Å². The third-order valence-electron chi connectivity index (χ3n) is 8.40. The van der Waals surface area contributed by atoms with Gasteiger partial charge in [-0.3, -0.25) is 38.4 Å². The summed E-state index contributed by atoms with van der Waals surface area (Å²) in [6.07, 6.45) is -3.84. The Morgan fingerprint density at radius 3 is 1.73 bits per heavy atom. The number of nitrogens with two attached hydrogens (primary N) is 2. The second-order valence-corrected chi connectivity index (χ2v) is 13.9. The van der Waals surface area contributed by atoms with Gasteiger partial charge in [-0.15, -0.1) is 0 Å². The van der Waals surface area contributed by atoms with E-state index in [1.54, 1.807) is 58.0 Å². The average Bonchev–Trinajstić information content (AvgIpc) is 3.11. The molecule has 0 heterocycles. The van der Waals surface area contributed by atoms with Crippen LogP contribution in [0, 0.1) is 11.8 Å². The van der Waals surface area contributed by atoms with Gasteiger partial charge in [0, 0.05) is 13.3 Å². The maximum atomic E-state index is 13.7. The van der Waals surface area contributed by atoms with Crippen LogP contribution in [0.15, 0.2) is 30.3 Å². The number of primary amides is 2. The molecule has 0 fully saturated rings. The smallest absolute Gasteiger partial charge is 0.328 e. The number of nitrogens with one attached hydrogen (secondary N) is 6. The number of hydrogen-bond donors (Lipinski definition) is 10. The highest BCUT2D eigenvalue weighted by Gasteiger charge is 2.35. The fraction of sp³-hybridized carbons (Fsp3) is 0.583. The number of ether oxygens (including phenoxy) is 1.